The molecule has 18 heavy (non-hydrogen) atoms. The van der Waals surface area contributed by atoms with Gasteiger partial charge in [0.2, 0.25) is 5.91 Å². The molecule has 2 rings (SSSR count). The van der Waals surface area contributed by atoms with Gasteiger partial charge in [0.25, 0.3) is 0 Å². The Morgan fingerprint density at radius 3 is 2.44 bits per heavy atom. The number of carboxylic acid groups (broad SMARTS) is 1. The topological polar surface area (TPSA) is 86.6 Å². The molecule has 5 heteroatoms. The van der Waals surface area contributed by atoms with E-state index in [1.165, 1.54) is 18.2 Å². The zero-order chi connectivity index (χ0) is 13.1. The van der Waals surface area contributed by atoms with Crippen LogP contribution >= 0.6 is 0 Å². The van der Waals surface area contributed by atoms with Crippen molar-refractivity contribution in [3.05, 3.63) is 35.9 Å². The molecule has 0 aliphatic heterocycles. The molecule has 0 spiro atoms. The van der Waals surface area contributed by atoms with Crippen molar-refractivity contribution in [2.75, 3.05) is 5.32 Å². The van der Waals surface area contributed by atoms with Crippen LogP contribution in [0.2, 0.25) is 0 Å². The van der Waals surface area contributed by atoms with E-state index in [-0.39, 0.29) is 23.1 Å². The number of hydrogen-bond donors (Lipinski definition) is 3. The molecule has 94 valence electrons. The zero-order valence-electron chi connectivity index (χ0n) is 9.59. The average molecular weight is 247 g/mol. The van der Waals surface area contributed by atoms with Gasteiger partial charge in [-0.25, -0.2) is 4.79 Å². The van der Waals surface area contributed by atoms with Crippen molar-refractivity contribution in [3.63, 3.8) is 0 Å². The second kappa shape index (κ2) is 4.91. The van der Waals surface area contributed by atoms with Crippen LogP contribution in [0.3, 0.4) is 0 Å². The summed E-state index contributed by atoms with van der Waals surface area (Å²) in [6, 6.07) is 3.97. The monoisotopic (exact) mass is 247 g/mol. The van der Waals surface area contributed by atoms with Gasteiger partial charge >= 0.3 is 5.97 Å². The number of hydrogen-bond acceptors (Lipinski definition) is 3. The van der Waals surface area contributed by atoms with Crippen molar-refractivity contribution >= 4 is 17.6 Å². The van der Waals surface area contributed by atoms with Crippen LogP contribution in [0.5, 0.6) is 5.75 Å². The summed E-state index contributed by atoms with van der Waals surface area (Å²) in [5, 5.41) is 20.9. The molecule has 0 bridgehead atoms. The van der Waals surface area contributed by atoms with E-state index in [4.69, 9.17) is 5.11 Å². The van der Waals surface area contributed by atoms with Crippen LogP contribution in [-0.4, -0.2) is 22.1 Å². The predicted molar refractivity (Wildman–Crippen MR) is 65.6 cm³/mol. The molecule has 0 saturated carbocycles. The van der Waals surface area contributed by atoms with Crippen LogP contribution in [0.25, 0.3) is 0 Å². The summed E-state index contributed by atoms with van der Waals surface area (Å²) in [6.07, 6.45) is 5.33. The van der Waals surface area contributed by atoms with Gasteiger partial charge in [0.05, 0.1) is 0 Å². The van der Waals surface area contributed by atoms with E-state index >= 15 is 0 Å². The fourth-order valence-electron chi connectivity index (χ4n) is 1.87. The molecule has 0 fully saturated rings. The summed E-state index contributed by atoms with van der Waals surface area (Å²) in [6.45, 7) is 0. The number of carbonyl (C=O) groups is 2. The van der Waals surface area contributed by atoms with Gasteiger partial charge in [-0.3, -0.25) is 4.79 Å². The molecule has 3 N–H and O–H groups in total. The van der Waals surface area contributed by atoms with Gasteiger partial charge in [-0.15, -0.1) is 0 Å². The largest absolute Gasteiger partial charge is 0.507 e. The van der Waals surface area contributed by atoms with Crippen molar-refractivity contribution in [2.24, 2.45) is 5.92 Å². The first-order valence-corrected chi connectivity index (χ1v) is 5.60. The molecule has 0 saturated heterocycles. The maximum Gasteiger partial charge on any atom is 0.339 e. The predicted octanol–water partition coefficient (Wildman–Crippen LogP) is 2.00. The molecule has 0 aromatic heterocycles. The Morgan fingerprint density at radius 1 is 1.22 bits per heavy atom. The van der Waals surface area contributed by atoms with E-state index in [9.17, 15) is 14.7 Å². The van der Waals surface area contributed by atoms with E-state index < -0.39 is 5.97 Å². The van der Waals surface area contributed by atoms with Gasteiger partial charge in [0, 0.05) is 17.7 Å². The Bertz CT molecular complexity index is 514. The van der Waals surface area contributed by atoms with Crippen LogP contribution in [0.1, 0.15) is 23.2 Å². The zero-order valence-corrected chi connectivity index (χ0v) is 9.59. The van der Waals surface area contributed by atoms with Gasteiger partial charge < -0.3 is 15.5 Å². The Labute approximate surface area is 104 Å². The number of amides is 1. The fraction of sp³-hybridized carbons (Fsp3) is 0.231. The lowest BCUT2D eigenvalue weighted by Crippen LogP contribution is -2.20. The Kier molecular flexibility index (Phi) is 3.32. The minimum Gasteiger partial charge on any atom is -0.507 e. The quantitative estimate of drug-likeness (QED) is 0.713. The highest BCUT2D eigenvalue weighted by Crippen LogP contribution is 2.24. The molecular weight excluding hydrogens is 234 g/mol. The van der Waals surface area contributed by atoms with Crippen LogP contribution in [0.15, 0.2) is 30.4 Å². The molecule has 0 atom stereocenters. The fourth-order valence-corrected chi connectivity index (χ4v) is 1.87. The maximum absolute atomic E-state index is 11.8. The van der Waals surface area contributed by atoms with Gasteiger partial charge in [-0.1, -0.05) is 12.2 Å². The third-order valence-corrected chi connectivity index (χ3v) is 2.87. The van der Waals surface area contributed by atoms with Crippen molar-refractivity contribution < 1.29 is 19.8 Å². The number of carbonyl (C=O) groups excluding carboxylic acids is 1. The molecule has 0 radical (unpaired) electrons. The summed E-state index contributed by atoms with van der Waals surface area (Å²) >= 11 is 0. The first-order valence-electron chi connectivity index (χ1n) is 5.60. The van der Waals surface area contributed by atoms with Crippen molar-refractivity contribution in [1.29, 1.82) is 0 Å². The van der Waals surface area contributed by atoms with E-state index in [1.807, 2.05) is 12.2 Å². The molecule has 5 nitrogen and oxygen atoms in total. The van der Waals surface area contributed by atoms with Crippen LogP contribution in [-0.2, 0) is 4.79 Å². The molecule has 0 unspecified atom stereocenters. The third kappa shape index (κ3) is 2.51. The summed E-state index contributed by atoms with van der Waals surface area (Å²) < 4.78 is 0. The van der Waals surface area contributed by atoms with Gasteiger partial charge in [-0.05, 0) is 25.0 Å². The molecule has 1 aliphatic rings. The molecule has 1 aromatic rings. The highest BCUT2D eigenvalue weighted by Gasteiger charge is 2.19. The highest BCUT2D eigenvalue weighted by atomic mass is 16.4. The summed E-state index contributed by atoms with van der Waals surface area (Å²) in [7, 11) is 0. The van der Waals surface area contributed by atoms with E-state index in [2.05, 4.69) is 5.32 Å². The van der Waals surface area contributed by atoms with Gasteiger partial charge in [0.15, 0.2) is 0 Å². The van der Waals surface area contributed by atoms with Gasteiger partial charge in [-0.2, -0.15) is 0 Å². The van der Waals surface area contributed by atoms with E-state index in [0.717, 1.165) is 0 Å². The molecule has 1 aromatic carbocycles. The minimum absolute atomic E-state index is 0.0775. The van der Waals surface area contributed by atoms with E-state index in [1.54, 1.807) is 0 Å². The van der Waals surface area contributed by atoms with Crippen LogP contribution in [0, 0.1) is 5.92 Å². The molecular formula is C13H13NO4. The SMILES string of the molecule is O=C(O)c1ccc(NC(=O)C2CC=CC2)cc1O. The smallest absolute Gasteiger partial charge is 0.339 e. The Hall–Kier alpha value is -2.30. The van der Waals surface area contributed by atoms with Gasteiger partial charge in [0.1, 0.15) is 11.3 Å². The summed E-state index contributed by atoms with van der Waals surface area (Å²) in [4.78, 5) is 22.5. The normalized spacial score (nSPS) is 14.7. The highest BCUT2D eigenvalue weighted by molar-refractivity contribution is 5.95. The maximum atomic E-state index is 11.8. The van der Waals surface area contributed by atoms with E-state index in [0.29, 0.717) is 18.5 Å². The lowest BCUT2D eigenvalue weighted by Gasteiger charge is -2.11. The number of allylic oxidation sites excluding steroid dienone is 2. The Balaban J connectivity index is 2.08. The van der Waals surface area contributed by atoms with Crippen molar-refractivity contribution in [1.82, 2.24) is 0 Å². The minimum atomic E-state index is -1.20. The molecule has 1 amide bonds. The lowest BCUT2D eigenvalue weighted by molar-refractivity contribution is -0.119. The van der Waals surface area contributed by atoms with Crippen molar-refractivity contribution in [3.8, 4) is 5.75 Å². The third-order valence-electron chi connectivity index (χ3n) is 2.87. The number of carboxylic acids is 1. The summed E-state index contributed by atoms with van der Waals surface area (Å²) in [5.41, 5.74) is 0.213. The van der Waals surface area contributed by atoms with Crippen LogP contribution < -0.4 is 5.32 Å². The number of nitrogens with one attached hydrogen (secondary N) is 1. The standard InChI is InChI=1S/C13H13NO4/c15-11-7-9(5-6-10(11)13(17)18)14-12(16)8-3-1-2-4-8/h1-2,5-8,15H,3-4H2,(H,14,16)(H,17,18). The number of phenols is 1. The second-order valence-electron chi connectivity index (χ2n) is 4.17. The average Bonchev–Trinajstić information content (AvgIpc) is 2.81. The molecule has 1 aliphatic carbocycles. The second-order valence-corrected chi connectivity index (χ2v) is 4.17. The first kappa shape index (κ1) is 12.2. The first-order chi connectivity index (χ1) is 8.58. The number of aromatic carboxylic acids is 1. The number of aromatic hydroxyl groups is 1. The molecule has 0 heterocycles. The Morgan fingerprint density at radius 2 is 1.89 bits per heavy atom. The number of benzene rings is 1. The van der Waals surface area contributed by atoms with Crippen LogP contribution in [0.4, 0.5) is 5.69 Å². The van der Waals surface area contributed by atoms with Crippen molar-refractivity contribution in [2.45, 2.75) is 12.8 Å². The number of rotatable bonds is 3. The lowest BCUT2D eigenvalue weighted by atomic mass is 10.1. The number of anilines is 1. The summed E-state index contributed by atoms with van der Waals surface area (Å²) in [5.74, 6) is -1.76.